The van der Waals surface area contributed by atoms with E-state index >= 15 is 0 Å². The fourth-order valence-corrected chi connectivity index (χ4v) is 2.96. The minimum Gasteiger partial charge on any atom is -0.395 e. The van der Waals surface area contributed by atoms with Crippen molar-refractivity contribution in [2.45, 2.75) is 19.5 Å². The Balaban J connectivity index is 1.61. The molecule has 0 saturated heterocycles. The molecule has 0 atom stereocenters. The first-order valence-electron chi connectivity index (χ1n) is 8.66. The summed E-state index contributed by atoms with van der Waals surface area (Å²) in [5.74, 6) is -0.231. The van der Waals surface area contributed by atoms with E-state index in [4.69, 9.17) is 5.11 Å². The molecule has 2 heterocycles. The van der Waals surface area contributed by atoms with Crippen LogP contribution in [0.15, 0.2) is 42.5 Å². The first kappa shape index (κ1) is 17.4. The number of hydrogen-bond donors (Lipinski definition) is 2. The molecular weight excluding hydrogens is 316 g/mol. The zero-order valence-corrected chi connectivity index (χ0v) is 14.3. The summed E-state index contributed by atoms with van der Waals surface area (Å²) in [5, 5.41) is 15.9. The van der Waals surface area contributed by atoms with Crippen molar-refractivity contribution in [3.8, 4) is 0 Å². The van der Waals surface area contributed by atoms with Gasteiger partial charge in [-0.15, -0.1) is 0 Å². The molecule has 0 saturated carbocycles. The molecule has 0 unspecified atom stereocenters. The van der Waals surface area contributed by atoms with Crippen molar-refractivity contribution in [2.75, 3.05) is 26.2 Å². The summed E-state index contributed by atoms with van der Waals surface area (Å²) >= 11 is 0. The Hall–Kier alpha value is -2.44. The van der Waals surface area contributed by atoms with Gasteiger partial charge in [-0.1, -0.05) is 42.5 Å². The second-order valence-corrected chi connectivity index (χ2v) is 6.13. The third-order valence-electron chi connectivity index (χ3n) is 4.20. The van der Waals surface area contributed by atoms with E-state index in [1.54, 1.807) is 0 Å². The van der Waals surface area contributed by atoms with Crippen LogP contribution in [-0.2, 0) is 13.1 Å². The van der Waals surface area contributed by atoms with Gasteiger partial charge in [-0.2, -0.15) is 5.10 Å². The molecule has 1 aromatic carbocycles. The van der Waals surface area contributed by atoms with Crippen LogP contribution in [0.1, 0.15) is 28.2 Å². The molecule has 1 aliphatic heterocycles. The fourth-order valence-electron chi connectivity index (χ4n) is 2.96. The van der Waals surface area contributed by atoms with Crippen molar-refractivity contribution in [1.29, 1.82) is 0 Å². The number of aliphatic hydroxyl groups excluding tert-OH is 1. The molecule has 25 heavy (non-hydrogen) atoms. The summed E-state index contributed by atoms with van der Waals surface area (Å²) in [7, 11) is 0. The molecule has 3 rings (SSSR count). The average molecular weight is 340 g/mol. The lowest BCUT2D eigenvalue weighted by Crippen LogP contribution is -2.27. The number of nitrogens with one attached hydrogen (secondary N) is 1. The number of aromatic nitrogens is 2. The van der Waals surface area contributed by atoms with E-state index in [0.717, 1.165) is 38.3 Å². The maximum absolute atomic E-state index is 12.0. The van der Waals surface area contributed by atoms with Gasteiger partial charge in [-0.25, -0.2) is 0 Å². The summed E-state index contributed by atoms with van der Waals surface area (Å²) < 4.78 is 1.93. The van der Waals surface area contributed by atoms with Gasteiger partial charge in [-0.3, -0.25) is 14.4 Å². The van der Waals surface area contributed by atoms with Gasteiger partial charge in [0.1, 0.15) is 5.69 Å². The molecule has 0 spiro atoms. The lowest BCUT2D eigenvalue weighted by molar-refractivity contribution is 0.0939. The number of fused-ring (bicyclic) bond motifs is 1. The monoisotopic (exact) mass is 340 g/mol. The first-order chi connectivity index (χ1) is 12.3. The zero-order valence-electron chi connectivity index (χ0n) is 14.3. The zero-order chi connectivity index (χ0) is 17.5. The molecule has 2 N–H and O–H groups in total. The van der Waals surface area contributed by atoms with Gasteiger partial charge in [0.05, 0.1) is 12.3 Å². The topological polar surface area (TPSA) is 70.4 Å². The normalized spacial score (nSPS) is 15.1. The number of amides is 1. The van der Waals surface area contributed by atoms with Crippen molar-refractivity contribution in [3.63, 3.8) is 0 Å². The highest BCUT2D eigenvalue weighted by Crippen LogP contribution is 2.14. The molecular formula is C19H24N4O2. The summed E-state index contributed by atoms with van der Waals surface area (Å²) in [6.07, 6.45) is 5.32. The van der Waals surface area contributed by atoms with Gasteiger partial charge in [0.2, 0.25) is 0 Å². The molecule has 0 radical (unpaired) electrons. The number of benzene rings is 1. The molecule has 1 aromatic heterocycles. The van der Waals surface area contributed by atoms with Crippen LogP contribution in [0.5, 0.6) is 0 Å². The summed E-state index contributed by atoms with van der Waals surface area (Å²) in [4.78, 5) is 14.4. The van der Waals surface area contributed by atoms with Gasteiger partial charge >= 0.3 is 0 Å². The highest BCUT2D eigenvalue weighted by Gasteiger charge is 2.18. The molecule has 0 bridgehead atoms. The summed E-state index contributed by atoms with van der Waals surface area (Å²) in [6.45, 7) is 3.65. The second-order valence-electron chi connectivity index (χ2n) is 6.13. The van der Waals surface area contributed by atoms with Gasteiger partial charge in [0.15, 0.2) is 0 Å². The van der Waals surface area contributed by atoms with Crippen LogP contribution in [0.4, 0.5) is 0 Å². The predicted octanol–water partition coefficient (Wildman–Crippen LogP) is 1.52. The van der Waals surface area contributed by atoms with Gasteiger partial charge < -0.3 is 10.4 Å². The van der Waals surface area contributed by atoms with E-state index in [9.17, 15) is 4.79 Å². The van der Waals surface area contributed by atoms with E-state index in [1.807, 2.05) is 28.9 Å². The number of nitrogens with zero attached hydrogens (tertiary/aromatic N) is 3. The Morgan fingerprint density at radius 1 is 1.28 bits per heavy atom. The lowest BCUT2D eigenvalue weighted by atomic mass is 10.2. The molecule has 0 fully saturated rings. The van der Waals surface area contributed by atoms with Crippen LogP contribution in [0.25, 0.3) is 6.08 Å². The van der Waals surface area contributed by atoms with E-state index in [1.165, 1.54) is 5.56 Å². The fraction of sp³-hybridized carbons (Fsp3) is 0.368. The Morgan fingerprint density at radius 2 is 2.12 bits per heavy atom. The molecule has 1 aliphatic rings. The van der Waals surface area contributed by atoms with Crippen molar-refractivity contribution in [3.05, 3.63) is 59.4 Å². The Morgan fingerprint density at radius 3 is 2.92 bits per heavy atom. The van der Waals surface area contributed by atoms with Crippen LogP contribution in [0, 0.1) is 0 Å². The predicted molar refractivity (Wildman–Crippen MR) is 97.0 cm³/mol. The third kappa shape index (κ3) is 4.78. The van der Waals surface area contributed by atoms with Crippen LogP contribution < -0.4 is 5.32 Å². The van der Waals surface area contributed by atoms with E-state index < -0.39 is 0 Å². The minimum atomic E-state index is -0.231. The smallest absolute Gasteiger partial charge is 0.271 e. The second kappa shape index (κ2) is 8.60. The third-order valence-corrected chi connectivity index (χ3v) is 4.20. The number of carbonyl (C=O) groups is 1. The molecule has 6 heteroatoms. The molecule has 0 aliphatic carbocycles. The standard InChI is InChI=1S/C19H24N4O2/c24-13-9-20-19(25)18-14-17-15-22(11-5-12-23(17)21-18)10-4-8-16-6-2-1-3-7-16/h1-4,6-8,14,24H,5,9-13,15H2,(H,20,25). The van der Waals surface area contributed by atoms with E-state index in [-0.39, 0.29) is 19.1 Å². The van der Waals surface area contributed by atoms with Crippen LogP contribution in [-0.4, -0.2) is 51.9 Å². The molecule has 6 nitrogen and oxygen atoms in total. The van der Waals surface area contributed by atoms with Crippen molar-refractivity contribution < 1.29 is 9.90 Å². The van der Waals surface area contributed by atoms with E-state index in [0.29, 0.717) is 5.69 Å². The number of aliphatic hydroxyl groups is 1. The lowest BCUT2D eigenvalue weighted by Gasteiger charge is -2.16. The summed E-state index contributed by atoms with van der Waals surface area (Å²) in [5.41, 5.74) is 2.68. The molecule has 132 valence electrons. The Bertz CT molecular complexity index is 724. The van der Waals surface area contributed by atoms with Gasteiger partial charge in [-0.05, 0) is 18.1 Å². The van der Waals surface area contributed by atoms with Crippen molar-refractivity contribution >= 4 is 12.0 Å². The number of hydrogen-bond acceptors (Lipinski definition) is 4. The average Bonchev–Trinajstić information content (AvgIpc) is 2.94. The number of aryl methyl sites for hydroxylation is 1. The van der Waals surface area contributed by atoms with Gasteiger partial charge in [0, 0.05) is 32.7 Å². The number of rotatable bonds is 6. The summed E-state index contributed by atoms with van der Waals surface area (Å²) in [6, 6.07) is 12.1. The van der Waals surface area contributed by atoms with E-state index in [2.05, 4.69) is 39.6 Å². The maximum atomic E-state index is 12.0. The maximum Gasteiger partial charge on any atom is 0.271 e. The van der Waals surface area contributed by atoms with Gasteiger partial charge in [0.25, 0.3) is 5.91 Å². The largest absolute Gasteiger partial charge is 0.395 e. The quantitative estimate of drug-likeness (QED) is 0.837. The van der Waals surface area contributed by atoms with Crippen LogP contribution in [0.3, 0.4) is 0 Å². The molecule has 1 amide bonds. The van der Waals surface area contributed by atoms with Crippen molar-refractivity contribution in [2.24, 2.45) is 0 Å². The highest BCUT2D eigenvalue weighted by atomic mass is 16.3. The highest BCUT2D eigenvalue weighted by molar-refractivity contribution is 5.92. The van der Waals surface area contributed by atoms with Crippen LogP contribution >= 0.6 is 0 Å². The Labute approximate surface area is 147 Å². The molecule has 2 aromatic rings. The first-order valence-corrected chi connectivity index (χ1v) is 8.66. The van der Waals surface area contributed by atoms with Crippen molar-refractivity contribution in [1.82, 2.24) is 20.0 Å². The SMILES string of the molecule is O=C(NCCO)c1cc2n(n1)CCCN(CC=Cc1ccccc1)C2. The van der Waals surface area contributed by atoms with Crippen LogP contribution in [0.2, 0.25) is 0 Å². The number of carbonyl (C=O) groups excluding carboxylic acids is 1. The minimum absolute atomic E-state index is 0.0686. The Kier molecular flexibility index (Phi) is 5.98.